The molecule has 0 radical (unpaired) electrons. The molecular formula is C54H79N13O11S2. The minimum absolute atomic E-state index is 0.0149. The fourth-order valence-corrected chi connectivity index (χ4v) is 13.1. The first kappa shape index (κ1) is 63.7. The Labute approximate surface area is 474 Å². The van der Waals surface area contributed by atoms with E-state index in [2.05, 4.69) is 49.1 Å². The Morgan fingerprint density at radius 1 is 0.787 bits per heavy atom. The SMILES string of the molecule is CCOc1ccc(C[C@@H]2NC(=O)CC3(CCC(C)CC3)SSC[C@H](C(=O)N3CCC[C@H]3C(=O)N[C@@H](CCCN=C(N)N)C(=O)NCC(N)=O)NC(=O)[C@@H](CC(N)=O)NC(=O)[C@H](C(C)C)NC(=O)[C@@H](Cc3ccccc3)NC2=O)cc1. The quantitative estimate of drug-likeness (QED) is 0.0372. The fraction of sp³-hybridized carbons (Fsp3) is 0.574. The van der Waals surface area contributed by atoms with Crippen molar-refractivity contribution in [3.05, 3.63) is 65.7 Å². The molecule has 2 heterocycles. The van der Waals surface area contributed by atoms with E-state index in [0.717, 1.165) is 12.8 Å². The van der Waals surface area contributed by atoms with Crippen molar-refractivity contribution in [2.24, 2.45) is 39.8 Å². The van der Waals surface area contributed by atoms with Crippen LogP contribution in [0.5, 0.6) is 5.75 Å². The zero-order valence-corrected chi connectivity index (χ0v) is 47.6. The largest absolute Gasteiger partial charge is 0.494 e. The number of hydrogen-bond acceptors (Lipinski definition) is 14. The molecule has 2 saturated heterocycles. The molecular weight excluding hydrogens is 1070 g/mol. The minimum atomic E-state index is -1.66. The monoisotopic (exact) mass is 1150 g/mol. The van der Waals surface area contributed by atoms with E-state index in [1.807, 2.05) is 6.92 Å². The molecule has 2 aromatic rings. The number of benzene rings is 2. The number of nitrogens with two attached hydrogens (primary N) is 4. The third kappa shape index (κ3) is 19.9. The van der Waals surface area contributed by atoms with Crippen molar-refractivity contribution in [3.8, 4) is 5.75 Å². The van der Waals surface area contributed by atoms with E-state index >= 15 is 0 Å². The van der Waals surface area contributed by atoms with Crippen molar-refractivity contribution in [2.45, 2.75) is 152 Å². The molecule has 5 rings (SSSR count). The van der Waals surface area contributed by atoms with Crippen LogP contribution in [0.2, 0.25) is 0 Å². The summed E-state index contributed by atoms with van der Waals surface area (Å²) >= 11 is 0. The lowest BCUT2D eigenvalue weighted by Crippen LogP contribution is -2.61. The zero-order chi connectivity index (χ0) is 58.5. The molecule has 7 atom stereocenters. The number of hydrogen-bond donors (Lipinski definition) is 11. The Morgan fingerprint density at radius 2 is 1.41 bits per heavy atom. The lowest BCUT2D eigenvalue weighted by atomic mass is 9.80. The van der Waals surface area contributed by atoms with Crippen molar-refractivity contribution in [1.82, 2.24) is 42.1 Å². The maximum Gasteiger partial charge on any atom is 0.246 e. The van der Waals surface area contributed by atoms with Crippen LogP contribution in [0.4, 0.5) is 0 Å². The van der Waals surface area contributed by atoms with E-state index in [4.69, 9.17) is 27.7 Å². The summed E-state index contributed by atoms with van der Waals surface area (Å²) in [5.41, 5.74) is 23.2. The van der Waals surface area contributed by atoms with Gasteiger partial charge in [-0.2, -0.15) is 0 Å². The molecule has 1 spiro atoms. The van der Waals surface area contributed by atoms with E-state index in [1.54, 1.807) is 68.4 Å². The van der Waals surface area contributed by atoms with Crippen molar-refractivity contribution >= 4 is 86.6 Å². The summed E-state index contributed by atoms with van der Waals surface area (Å²) in [6.45, 7) is 7.40. The maximum atomic E-state index is 15.0. The van der Waals surface area contributed by atoms with Gasteiger partial charge in [-0.05, 0) is 93.4 Å². The lowest BCUT2D eigenvalue weighted by molar-refractivity contribution is -0.142. The summed E-state index contributed by atoms with van der Waals surface area (Å²) in [6.07, 6.45) is 2.77. The second-order valence-corrected chi connectivity index (χ2v) is 23.8. The molecule has 15 N–H and O–H groups in total. The molecule has 3 aliphatic rings. The van der Waals surface area contributed by atoms with Gasteiger partial charge in [-0.3, -0.25) is 52.9 Å². The molecule has 2 aromatic carbocycles. The molecule has 10 amide bonds. The number of amides is 10. The molecule has 1 saturated carbocycles. The number of carbonyl (C=O) groups is 10. The van der Waals surface area contributed by atoms with Gasteiger partial charge < -0.3 is 69.8 Å². The highest BCUT2D eigenvalue weighted by Crippen LogP contribution is 2.49. The lowest BCUT2D eigenvalue weighted by Gasteiger charge is -2.39. The predicted molar refractivity (Wildman–Crippen MR) is 304 cm³/mol. The minimum Gasteiger partial charge on any atom is -0.494 e. The van der Waals surface area contributed by atoms with Crippen LogP contribution in [-0.2, 0) is 60.8 Å². The Balaban J connectivity index is 1.53. The number of likely N-dealkylation sites (tertiary alicyclic amines) is 1. The van der Waals surface area contributed by atoms with Gasteiger partial charge in [0.2, 0.25) is 59.1 Å². The Morgan fingerprint density at radius 3 is 2.04 bits per heavy atom. The predicted octanol–water partition coefficient (Wildman–Crippen LogP) is -0.309. The number of primary amides is 2. The first-order chi connectivity index (χ1) is 38.1. The van der Waals surface area contributed by atoms with E-state index < -0.39 is 125 Å². The second kappa shape index (κ2) is 31.1. The van der Waals surface area contributed by atoms with Gasteiger partial charge in [0.1, 0.15) is 48.0 Å². The van der Waals surface area contributed by atoms with Crippen LogP contribution in [0, 0.1) is 11.8 Å². The van der Waals surface area contributed by atoms with Gasteiger partial charge in [0.15, 0.2) is 5.96 Å². The van der Waals surface area contributed by atoms with Gasteiger partial charge in [-0.1, -0.05) is 84.8 Å². The number of guanidine groups is 1. The molecule has 24 nitrogen and oxygen atoms in total. The fourth-order valence-electron chi connectivity index (χ4n) is 9.76. The zero-order valence-electron chi connectivity index (χ0n) is 45.9. The third-order valence-electron chi connectivity index (χ3n) is 14.1. The average Bonchev–Trinajstić information content (AvgIpc) is 3.91. The average molecular weight is 1150 g/mol. The van der Waals surface area contributed by atoms with Crippen LogP contribution in [0.15, 0.2) is 59.6 Å². The van der Waals surface area contributed by atoms with Crippen molar-refractivity contribution in [1.29, 1.82) is 0 Å². The molecule has 80 heavy (non-hydrogen) atoms. The summed E-state index contributed by atoms with van der Waals surface area (Å²) in [6, 6.07) is 6.81. The van der Waals surface area contributed by atoms with Crippen molar-refractivity contribution in [2.75, 3.05) is 32.0 Å². The van der Waals surface area contributed by atoms with Gasteiger partial charge in [-0.15, -0.1) is 0 Å². The van der Waals surface area contributed by atoms with E-state index in [-0.39, 0.29) is 63.3 Å². The number of nitrogens with one attached hydrogen (secondary N) is 7. The van der Waals surface area contributed by atoms with Gasteiger partial charge in [0.25, 0.3) is 0 Å². The smallest absolute Gasteiger partial charge is 0.246 e. The second-order valence-electron chi connectivity index (χ2n) is 21.0. The van der Waals surface area contributed by atoms with Crippen molar-refractivity contribution in [3.63, 3.8) is 0 Å². The normalized spacial score (nSPS) is 24.9. The van der Waals surface area contributed by atoms with E-state index in [1.165, 1.54) is 26.5 Å². The van der Waals surface area contributed by atoms with Gasteiger partial charge in [-0.25, -0.2) is 0 Å². The van der Waals surface area contributed by atoms with Crippen LogP contribution in [0.25, 0.3) is 0 Å². The first-order valence-electron chi connectivity index (χ1n) is 27.1. The molecule has 26 heteroatoms. The summed E-state index contributed by atoms with van der Waals surface area (Å²) < 4.78 is 4.91. The summed E-state index contributed by atoms with van der Waals surface area (Å²) in [5.74, 6) is -7.56. The Kier molecular flexibility index (Phi) is 24.7. The number of nitrogens with zero attached hydrogens (tertiary/aromatic N) is 2. The van der Waals surface area contributed by atoms with Crippen LogP contribution < -0.4 is 64.9 Å². The molecule has 0 aromatic heterocycles. The van der Waals surface area contributed by atoms with Gasteiger partial charge in [0.05, 0.1) is 19.6 Å². The molecule has 1 aliphatic carbocycles. The Hall–Kier alpha value is -7.09. The van der Waals surface area contributed by atoms with Crippen LogP contribution in [0.1, 0.15) is 103 Å². The standard InChI is InChI=1S/C54H79N13O11S2/c1-5-78-35-17-15-34(16-18-35)26-37-47(72)63-38(25-33-11-7-6-8-12-33)49(74)66-45(31(2)3)51(76)64-39(27-42(55)68)48(73)65-40(30-79-80-54(28-44(70)61-37)21-19-32(4)20-22-54)52(77)67-24-10-14-41(67)50(75)62-36(13-9-23-59-53(57)58)46(71)60-29-43(56)69/h6-8,11-12,15-18,31-32,36-41,45H,5,9-10,13-14,19-30H2,1-4H3,(H2,55,68)(H2,56,69)(H,60,71)(H,61,70)(H,62,75)(H,63,72)(H,64,76)(H,65,73)(H,66,74)(H4,57,58,59)/t32?,36-,37-,38+,39+,40+,41-,45-,54?/m0/s1. The number of carbonyl (C=O) groups excluding carboxylic acids is 10. The Bertz CT molecular complexity index is 2530. The topological polar surface area (TPSA) is 384 Å². The van der Waals surface area contributed by atoms with E-state index in [0.29, 0.717) is 48.7 Å². The van der Waals surface area contributed by atoms with Gasteiger partial charge in [0, 0.05) is 42.9 Å². The van der Waals surface area contributed by atoms with Crippen LogP contribution in [0.3, 0.4) is 0 Å². The summed E-state index contributed by atoms with van der Waals surface area (Å²) in [4.78, 5) is 145. The highest BCUT2D eigenvalue weighted by atomic mass is 33.1. The number of rotatable bonds is 19. The van der Waals surface area contributed by atoms with Crippen LogP contribution in [-0.4, -0.2) is 149 Å². The van der Waals surface area contributed by atoms with E-state index in [9.17, 15) is 47.9 Å². The molecule has 3 fully saturated rings. The van der Waals surface area contributed by atoms with Gasteiger partial charge >= 0.3 is 0 Å². The summed E-state index contributed by atoms with van der Waals surface area (Å²) in [5, 5.41) is 19.0. The molecule has 0 unspecified atom stereocenters. The molecule has 0 bridgehead atoms. The highest BCUT2D eigenvalue weighted by Gasteiger charge is 2.43. The summed E-state index contributed by atoms with van der Waals surface area (Å²) in [7, 11) is 2.59. The first-order valence-corrected chi connectivity index (χ1v) is 29.5. The van der Waals surface area contributed by atoms with Crippen molar-refractivity contribution < 1.29 is 52.7 Å². The molecule has 2 aliphatic heterocycles. The highest BCUT2D eigenvalue weighted by molar-refractivity contribution is 8.77. The number of aliphatic imine (C=N–C) groups is 1. The maximum absolute atomic E-state index is 15.0. The number of ether oxygens (including phenoxy) is 1. The van der Waals surface area contributed by atoms with Crippen LogP contribution >= 0.6 is 21.6 Å². The molecule has 438 valence electrons. The third-order valence-corrected chi connectivity index (χ3v) is 17.4.